The van der Waals surface area contributed by atoms with Gasteiger partial charge in [-0.25, -0.2) is 12.8 Å². The van der Waals surface area contributed by atoms with Crippen molar-refractivity contribution in [3.63, 3.8) is 0 Å². The predicted molar refractivity (Wildman–Crippen MR) is 161 cm³/mol. The first-order valence-electron chi connectivity index (χ1n) is 13.5. The van der Waals surface area contributed by atoms with Gasteiger partial charge >= 0.3 is 0 Å². The van der Waals surface area contributed by atoms with Gasteiger partial charge in [-0.3, -0.25) is 13.9 Å². The Bertz CT molecular complexity index is 1460. The maximum absolute atomic E-state index is 14.1. The molecular weight excluding hydrogens is 565 g/mol. The lowest BCUT2D eigenvalue weighted by atomic mass is 10.1. The topological polar surface area (TPSA) is 86.8 Å². The molecule has 3 aromatic carbocycles. The molecule has 0 unspecified atom stereocenters. The summed E-state index contributed by atoms with van der Waals surface area (Å²) in [7, 11) is -4.21. The fraction of sp³-hybridized carbons (Fsp3) is 0.355. The monoisotopic (exact) mass is 601 g/mol. The first-order chi connectivity index (χ1) is 19.3. The highest BCUT2D eigenvalue weighted by molar-refractivity contribution is 7.92. The summed E-state index contributed by atoms with van der Waals surface area (Å²) in [4.78, 5) is 28.7. The Morgan fingerprint density at radius 3 is 2.20 bits per heavy atom. The number of rotatable bonds is 12. The smallest absolute Gasteiger partial charge is 0.264 e. The fourth-order valence-electron chi connectivity index (χ4n) is 4.33. The Hall–Kier alpha value is -3.43. The Morgan fingerprint density at radius 2 is 1.61 bits per heavy atom. The number of hydrogen-bond donors (Lipinski definition) is 1. The molecule has 3 rings (SSSR count). The Kier molecular flexibility index (Phi) is 10.9. The molecule has 0 aliphatic heterocycles. The van der Waals surface area contributed by atoms with E-state index in [-0.39, 0.29) is 35.4 Å². The van der Waals surface area contributed by atoms with E-state index in [2.05, 4.69) is 5.32 Å². The van der Waals surface area contributed by atoms with Gasteiger partial charge in [-0.15, -0.1) is 0 Å². The number of sulfonamides is 1. The molecule has 0 saturated heterocycles. The highest BCUT2D eigenvalue weighted by Crippen LogP contribution is 2.30. The minimum absolute atomic E-state index is 0.0142. The Morgan fingerprint density at radius 1 is 0.976 bits per heavy atom. The normalized spacial score (nSPS) is 12.2. The number of aryl methyl sites for hydroxylation is 2. The van der Waals surface area contributed by atoms with Crippen LogP contribution in [0.5, 0.6) is 0 Å². The molecule has 1 atom stereocenters. The van der Waals surface area contributed by atoms with Gasteiger partial charge in [0.05, 0.1) is 10.6 Å². The molecule has 0 aliphatic carbocycles. The van der Waals surface area contributed by atoms with Crippen LogP contribution in [-0.4, -0.2) is 44.3 Å². The molecule has 0 aliphatic rings. The Balaban J connectivity index is 2.08. The van der Waals surface area contributed by atoms with Crippen LogP contribution in [0.15, 0.2) is 71.6 Å². The first-order valence-corrected chi connectivity index (χ1v) is 15.3. The highest BCUT2D eigenvalue weighted by atomic mass is 35.5. The van der Waals surface area contributed by atoms with Crippen LogP contribution in [0.3, 0.4) is 0 Å². The second-order valence-corrected chi connectivity index (χ2v) is 12.8. The summed E-state index contributed by atoms with van der Waals surface area (Å²) in [6, 6.07) is 15.9. The molecular formula is C31H37ClFN3O4S. The average molecular weight is 602 g/mol. The second-order valence-electron chi connectivity index (χ2n) is 10.5. The number of carbonyl (C=O) groups is 2. The van der Waals surface area contributed by atoms with Crippen LogP contribution in [0.25, 0.3) is 0 Å². The number of nitrogens with one attached hydrogen (secondary N) is 1. The van der Waals surface area contributed by atoms with E-state index in [0.717, 1.165) is 9.87 Å². The molecule has 1 N–H and O–H groups in total. The van der Waals surface area contributed by atoms with Gasteiger partial charge in [-0.1, -0.05) is 68.3 Å². The van der Waals surface area contributed by atoms with Crippen LogP contribution >= 0.6 is 11.6 Å². The molecule has 0 heterocycles. The van der Waals surface area contributed by atoms with Crippen molar-refractivity contribution in [2.75, 3.05) is 17.4 Å². The third-order valence-electron chi connectivity index (χ3n) is 6.66. The zero-order chi connectivity index (χ0) is 30.3. The molecule has 0 spiro atoms. The van der Waals surface area contributed by atoms with Crippen molar-refractivity contribution in [1.29, 1.82) is 0 Å². The molecule has 10 heteroatoms. The van der Waals surface area contributed by atoms with Gasteiger partial charge in [0.1, 0.15) is 18.4 Å². The van der Waals surface area contributed by atoms with Crippen molar-refractivity contribution in [3.8, 4) is 0 Å². The van der Waals surface area contributed by atoms with E-state index < -0.39 is 34.3 Å². The molecule has 0 bridgehead atoms. The van der Waals surface area contributed by atoms with E-state index >= 15 is 0 Å². The van der Waals surface area contributed by atoms with Gasteiger partial charge in [-0.05, 0) is 73.7 Å². The average Bonchev–Trinajstić information content (AvgIpc) is 2.93. The van der Waals surface area contributed by atoms with Crippen LogP contribution in [0.1, 0.15) is 43.9 Å². The Labute approximate surface area is 247 Å². The van der Waals surface area contributed by atoms with Gasteiger partial charge < -0.3 is 10.2 Å². The predicted octanol–water partition coefficient (Wildman–Crippen LogP) is 5.87. The molecule has 2 amide bonds. The summed E-state index contributed by atoms with van der Waals surface area (Å²) in [5.74, 6) is -1.17. The van der Waals surface area contributed by atoms with E-state index in [1.165, 1.54) is 47.4 Å². The quantitative estimate of drug-likeness (QED) is 0.281. The summed E-state index contributed by atoms with van der Waals surface area (Å²) in [6.45, 7) is 9.12. The van der Waals surface area contributed by atoms with Gasteiger partial charge in [0, 0.05) is 18.1 Å². The van der Waals surface area contributed by atoms with Crippen LogP contribution in [-0.2, 0) is 26.2 Å². The summed E-state index contributed by atoms with van der Waals surface area (Å²) < 4.78 is 42.7. The number of hydrogen-bond acceptors (Lipinski definition) is 4. The lowest BCUT2D eigenvalue weighted by molar-refractivity contribution is -0.140. The minimum atomic E-state index is -4.21. The van der Waals surface area contributed by atoms with Crippen LogP contribution in [0.2, 0.25) is 5.02 Å². The summed E-state index contributed by atoms with van der Waals surface area (Å²) in [6.07, 6.45) is 0.289. The van der Waals surface area contributed by atoms with Crippen molar-refractivity contribution >= 4 is 39.1 Å². The van der Waals surface area contributed by atoms with Gasteiger partial charge in [0.15, 0.2) is 0 Å². The summed E-state index contributed by atoms with van der Waals surface area (Å²) in [5, 5.41) is 3.19. The summed E-state index contributed by atoms with van der Waals surface area (Å²) >= 11 is 6.27. The van der Waals surface area contributed by atoms with Crippen molar-refractivity contribution in [1.82, 2.24) is 10.2 Å². The second kappa shape index (κ2) is 14.0. The van der Waals surface area contributed by atoms with Gasteiger partial charge in [-0.2, -0.15) is 0 Å². The third-order valence-corrected chi connectivity index (χ3v) is 8.67. The standard InChI is InChI=1S/C31H37ClFN3O4S/c1-6-28(31(38)34-18-21(2)3)35(19-24-10-13-26(33)14-11-24)30(37)20-36(29-17-25(32)12-9-23(29)5)41(39,40)27-15-7-22(4)8-16-27/h7-17,21,28H,6,18-20H2,1-5H3,(H,34,38)/t28-/m0/s1. The van der Waals surface area contributed by atoms with Crippen LogP contribution < -0.4 is 9.62 Å². The van der Waals surface area contributed by atoms with E-state index in [9.17, 15) is 22.4 Å². The van der Waals surface area contributed by atoms with Gasteiger partial charge in [0.2, 0.25) is 11.8 Å². The number of anilines is 1. The minimum Gasteiger partial charge on any atom is -0.354 e. The number of benzene rings is 3. The molecule has 3 aromatic rings. The van der Waals surface area contributed by atoms with E-state index in [0.29, 0.717) is 22.7 Å². The van der Waals surface area contributed by atoms with Crippen molar-refractivity contribution in [2.45, 2.75) is 58.5 Å². The molecule has 7 nitrogen and oxygen atoms in total. The fourth-order valence-corrected chi connectivity index (χ4v) is 5.97. The SMILES string of the molecule is CC[C@@H](C(=O)NCC(C)C)N(Cc1ccc(F)cc1)C(=O)CN(c1cc(Cl)ccc1C)S(=O)(=O)c1ccc(C)cc1. The first kappa shape index (κ1) is 32.1. The number of amides is 2. The van der Waals surface area contributed by atoms with E-state index in [4.69, 9.17) is 11.6 Å². The number of halogens is 2. The number of carbonyl (C=O) groups excluding carboxylic acids is 2. The van der Waals surface area contributed by atoms with E-state index in [1.54, 1.807) is 38.1 Å². The van der Waals surface area contributed by atoms with Crippen molar-refractivity contribution < 1.29 is 22.4 Å². The summed E-state index contributed by atoms with van der Waals surface area (Å²) in [5.41, 5.74) is 2.34. The zero-order valence-electron chi connectivity index (χ0n) is 24.0. The largest absolute Gasteiger partial charge is 0.354 e. The molecule has 0 aromatic heterocycles. The maximum Gasteiger partial charge on any atom is 0.264 e. The highest BCUT2D eigenvalue weighted by Gasteiger charge is 2.34. The molecule has 220 valence electrons. The van der Waals surface area contributed by atoms with Crippen LogP contribution in [0, 0.1) is 25.6 Å². The van der Waals surface area contributed by atoms with E-state index in [1.807, 2.05) is 20.8 Å². The van der Waals surface area contributed by atoms with Crippen molar-refractivity contribution in [2.24, 2.45) is 5.92 Å². The molecule has 41 heavy (non-hydrogen) atoms. The number of nitrogens with zero attached hydrogens (tertiary/aromatic N) is 2. The zero-order valence-corrected chi connectivity index (χ0v) is 25.6. The lowest BCUT2D eigenvalue weighted by Gasteiger charge is -2.33. The lowest BCUT2D eigenvalue weighted by Crippen LogP contribution is -2.52. The third kappa shape index (κ3) is 8.30. The maximum atomic E-state index is 14.1. The van der Waals surface area contributed by atoms with Crippen molar-refractivity contribution in [3.05, 3.63) is 94.3 Å². The molecule has 0 radical (unpaired) electrons. The van der Waals surface area contributed by atoms with Crippen LogP contribution in [0.4, 0.5) is 10.1 Å². The molecule has 0 saturated carbocycles. The molecule has 0 fully saturated rings. The van der Waals surface area contributed by atoms with Gasteiger partial charge in [0.25, 0.3) is 10.0 Å².